The van der Waals surface area contributed by atoms with Crippen molar-refractivity contribution in [2.75, 3.05) is 23.5 Å². The van der Waals surface area contributed by atoms with Crippen molar-refractivity contribution in [3.8, 4) is 32.6 Å². The van der Waals surface area contributed by atoms with E-state index in [1.807, 2.05) is 12.1 Å². The van der Waals surface area contributed by atoms with Gasteiger partial charge >= 0.3 is 0 Å². The number of aryl methyl sites for hydroxylation is 1. The molecule has 70 heavy (non-hydrogen) atoms. The van der Waals surface area contributed by atoms with Crippen molar-refractivity contribution in [2.45, 2.75) is 20.4 Å². The number of methoxy groups -OCH3 is 1. The zero-order valence-electron chi connectivity index (χ0n) is 38.3. The topological polar surface area (TPSA) is 143 Å². The molecule has 11 rings (SSSR count). The van der Waals surface area contributed by atoms with Gasteiger partial charge in [-0.25, -0.2) is 33.2 Å². The summed E-state index contributed by atoms with van der Waals surface area (Å²) in [7, 11) is -3.23. The highest BCUT2D eigenvalue weighted by Gasteiger charge is 2.32. The van der Waals surface area contributed by atoms with E-state index >= 15 is 0 Å². The van der Waals surface area contributed by atoms with Crippen LogP contribution in [0.2, 0.25) is 0 Å². The number of imidazole rings is 1. The average molecular weight is 982 g/mol. The Morgan fingerprint density at radius 2 is 1.23 bits per heavy atom. The predicted molar refractivity (Wildman–Crippen MR) is 273 cm³/mol. The summed E-state index contributed by atoms with van der Waals surface area (Å²) >= 11 is 3.47. The summed E-state index contributed by atoms with van der Waals surface area (Å²) in [6, 6.07) is 59.9. The fraction of sp³-hybridized carbons (Fsp3) is 0.0893. The van der Waals surface area contributed by atoms with Crippen LogP contribution in [0, 0.1) is 10.2 Å². The highest BCUT2D eigenvalue weighted by molar-refractivity contribution is 7.22. The van der Waals surface area contributed by atoms with Gasteiger partial charge in [0.1, 0.15) is 27.3 Å². The number of benzene rings is 7. The van der Waals surface area contributed by atoms with E-state index in [-0.39, 0.29) is 0 Å². The van der Waals surface area contributed by atoms with Crippen LogP contribution in [0.4, 0.5) is 17.1 Å². The summed E-state index contributed by atoms with van der Waals surface area (Å²) in [5.74, 6) is 2.95. The highest BCUT2D eigenvalue weighted by Crippen LogP contribution is 2.48. The van der Waals surface area contributed by atoms with Gasteiger partial charge in [0.2, 0.25) is 0 Å². The molecule has 7 aromatic carbocycles. The number of rotatable bonds is 11. The Labute approximate surface area is 415 Å². The smallest absolute Gasteiger partial charge is 0.287 e. The first-order valence-electron chi connectivity index (χ1n) is 22.6. The monoisotopic (exact) mass is 980 g/mol. The second kappa shape index (κ2) is 19.9. The van der Waals surface area contributed by atoms with Gasteiger partial charge in [0.15, 0.2) is 11.0 Å². The molecule has 0 amide bonds. The Bertz CT molecular complexity index is 3510. The third kappa shape index (κ3) is 9.47. The van der Waals surface area contributed by atoms with Crippen LogP contribution in [0.5, 0.6) is 5.75 Å². The zero-order valence-corrected chi connectivity index (χ0v) is 40.7. The molecule has 4 heterocycles. The van der Waals surface area contributed by atoms with Crippen molar-refractivity contribution in [3.63, 3.8) is 0 Å². The number of aromatic nitrogens is 4. The normalized spacial score (nSPS) is 13.5. The second-order valence-corrected chi connectivity index (χ2v) is 19.0. The van der Waals surface area contributed by atoms with E-state index < -0.39 is 10.2 Å². The van der Waals surface area contributed by atoms with Gasteiger partial charge in [0.05, 0.1) is 45.5 Å². The first kappa shape index (κ1) is 46.3. The largest absolute Gasteiger partial charge is 0.497 e. The molecule has 1 aliphatic heterocycles. The van der Waals surface area contributed by atoms with Crippen molar-refractivity contribution in [3.05, 3.63) is 205 Å². The summed E-state index contributed by atoms with van der Waals surface area (Å²) in [6.07, 6.45) is 9.04. The predicted octanol–water partition coefficient (Wildman–Crippen LogP) is 9.36. The van der Waals surface area contributed by atoms with Gasteiger partial charge in [-0.2, -0.15) is 4.57 Å². The van der Waals surface area contributed by atoms with Crippen LogP contribution in [0.1, 0.15) is 25.2 Å². The maximum Gasteiger partial charge on any atom is 0.287 e. The van der Waals surface area contributed by atoms with Gasteiger partial charge < -0.3 is 9.64 Å². The lowest BCUT2D eigenvalue weighted by atomic mass is 10.0. The number of halogens is 1. The number of anilines is 3. The Morgan fingerprint density at radius 3 is 1.81 bits per heavy atom. The van der Waals surface area contributed by atoms with E-state index in [1.54, 1.807) is 29.8 Å². The molecule has 0 spiro atoms. The van der Waals surface area contributed by atoms with Crippen LogP contribution in [0.3, 0.4) is 0 Å². The summed E-state index contributed by atoms with van der Waals surface area (Å²) in [5, 5.41) is 2.04. The highest BCUT2D eigenvalue weighted by atomic mass is 35.7. The molecule has 0 unspecified atom stereocenters. The molecule has 0 radical (unpaired) electrons. The summed E-state index contributed by atoms with van der Waals surface area (Å²) in [4.78, 5) is 14.8. The molecule has 11 nitrogen and oxygen atoms in total. The molecule has 0 atom stereocenters. The van der Waals surface area contributed by atoms with E-state index in [0.29, 0.717) is 0 Å². The van der Waals surface area contributed by atoms with Gasteiger partial charge in [0, 0.05) is 29.4 Å². The summed E-state index contributed by atoms with van der Waals surface area (Å²) in [6.45, 7) is 6.00. The summed E-state index contributed by atoms with van der Waals surface area (Å²) in [5.41, 5.74) is 13.2. The van der Waals surface area contributed by atoms with E-state index in [1.165, 1.54) is 9.40 Å². The van der Waals surface area contributed by atoms with Gasteiger partial charge in [0.25, 0.3) is 5.82 Å². The lowest BCUT2D eigenvalue weighted by molar-refractivity contribution is -2.00. The van der Waals surface area contributed by atoms with Gasteiger partial charge in [-0.15, -0.1) is 32.9 Å². The lowest BCUT2D eigenvalue weighted by Crippen LogP contribution is -2.68. The Morgan fingerprint density at radius 1 is 0.657 bits per heavy atom. The van der Waals surface area contributed by atoms with Crippen molar-refractivity contribution in [1.82, 2.24) is 14.5 Å². The van der Waals surface area contributed by atoms with Crippen molar-refractivity contribution < 1.29 is 38.2 Å². The molecule has 348 valence electrons. The number of hydrogen-bond donors (Lipinski definition) is 0. The molecule has 10 aromatic rings. The van der Waals surface area contributed by atoms with Crippen molar-refractivity contribution in [2.24, 2.45) is 0 Å². The minimum atomic E-state index is -4.94. The maximum absolute atomic E-state index is 8.49. The first-order valence-corrected chi connectivity index (χ1v) is 25.4. The van der Waals surface area contributed by atoms with Gasteiger partial charge in [-0.3, -0.25) is 4.90 Å². The summed E-state index contributed by atoms with van der Waals surface area (Å²) < 4.78 is 46.7. The quantitative estimate of drug-likeness (QED) is 0.0916. The van der Waals surface area contributed by atoms with E-state index in [0.717, 1.165) is 108 Å². The van der Waals surface area contributed by atoms with Gasteiger partial charge in [-0.05, 0) is 134 Å². The average Bonchev–Trinajstić information content (AvgIpc) is 4.16. The molecule has 0 aliphatic carbocycles. The van der Waals surface area contributed by atoms with Crippen LogP contribution in [0.15, 0.2) is 194 Å². The Balaban J connectivity index is 0.00000108. The van der Waals surface area contributed by atoms with Crippen LogP contribution in [0.25, 0.3) is 69.9 Å². The number of hydrogen-bond acceptors (Lipinski definition) is 11. The van der Waals surface area contributed by atoms with E-state index in [9.17, 15) is 0 Å². The lowest BCUT2D eigenvalue weighted by Gasteiger charge is -2.24. The van der Waals surface area contributed by atoms with Crippen LogP contribution >= 0.6 is 22.7 Å². The number of thiazole rings is 2. The first-order chi connectivity index (χ1) is 34.1. The zero-order chi connectivity index (χ0) is 48.4. The molecule has 0 N–H and O–H groups in total. The molecule has 0 saturated carbocycles. The number of para-hydroxylation sites is 4. The number of ether oxygens (including phenoxy) is 1. The maximum atomic E-state index is 8.49. The number of fused-ring (bicyclic) bond motifs is 4. The molecule has 3 aromatic heterocycles. The molecule has 0 fully saturated rings. The minimum absolute atomic E-state index is 0.777. The fourth-order valence-corrected chi connectivity index (χ4v) is 10.8. The van der Waals surface area contributed by atoms with Crippen molar-refractivity contribution in [1.29, 1.82) is 0 Å². The molecule has 0 bridgehead atoms. The van der Waals surface area contributed by atoms with Crippen molar-refractivity contribution >= 4 is 82.9 Å². The number of nitrogens with zero attached hydrogens (tertiary/aromatic N) is 6. The Kier molecular flexibility index (Phi) is 13.1. The van der Waals surface area contributed by atoms with Crippen LogP contribution < -0.4 is 37.7 Å². The fourth-order valence-electron chi connectivity index (χ4n) is 8.90. The minimum Gasteiger partial charge on any atom is -0.497 e. The molecule has 0 saturated heterocycles. The van der Waals surface area contributed by atoms with Gasteiger partial charge in [-0.1, -0.05) is 78.9 Å². The second-order valence-electron chi connectivity index (χ2n) is 16.2. The molecular weight excluding hydrogens is 936 g/mol. The third-order valence-electron chi connectivity index (χ3n) is 12.0. The Hall–Kier alpha value is -7.46. The molecule has 14 heteroatoms. The van der Waals surface area contributed by atoms with Crippen LogP contribution in [-0.4, -0.2) is 28.2 Å². The SMILES string of the molecule is CCN1/C(=C/C=C(/C=C/c2n(-c3ccccc3)c3ccc(-c4nc5ccccc5s4)cc3[n+]2CC)c2ccc(OC)cc2)N(c2ccccc2)c2ccc(-c3nc4ccccc4s3)cc21.[O-][Cl+3]([O-])([O-])[O-]. The van der Waals surface area contributed by atoms with E-state index in [4.69, 9.17) is 33.3 Å². The number of allylic oxidation sites excluding steroid dienone is 4. The third-order valence-corrected chi connectivity index (χ3v) is 14.2. The van der Waals surface area contributed by atoms with E-state index in [2.05, 4.69) is 215 Å². The molecule has 1 aliphatic rings. The standard InChI is InChI=1S/C56H45N6OS2.ClHO4/c1-4-59-49-36-40(55-57-45-20-12-14-22-51(45)64-55)26-32-47(49)61(42-16-8-6-9-17-42)53(59)34-28-39(38-24-30-44(63-3)31-25-38)29-35-54-60(5-2)50-37-41(56-58-46-21-13-15-23-52(46)65-56)27-33-48(50)62(54)43-18-10-7-11-19-43;2-1(3,4)5/h6-37H,4-5H2,1-3H3;(H,2,3,4,5)/q+1;/p-1. The molecular formula is C56H45ClN6O5S2. The van der Waals surface area contributed by atoms with Crippen LogP contribution in [-0.2, 0) is 6.54 Å².